The molecule has 1 atom stereocenters. The van der Waals surface area contributed by atoms with Gasteiger partial charge in [-0.25, -0.2) is 0 Å². The second-order valence-electron chi connectivity index (χ2n) is 6.17. The smallest absolute Gasteiger partial charge is 0.262 e. The number of nitrogens with one attached hydrogen (secondary N) is 1. The van der Waals surface area contributed by atoms with Crippen molar-refractivity contribution in [3.8, 4) is 0 Å². The van der Waals surface area contributed by atoms with Crippen molar-refractivity contribution in [3.05, 3.63) is 95.4 Å². The van der Waals surface area contributed by atoms with Crippen molar-refractivity contribution < 1.29 is 18.8 Å². The number of imide groups is 1. The van der Waals surface area contributed by atoms with Crippen LogP contribution < -0.4 is 5.32 Å². The number of hydrogen-bond acceptors (Lipinski definition) is 4. The summed E-state index contributed by atoms with van der Waals surface area (Å²) >= 11 is 0. The van der Waals surface area contributed by atoms with Gasteiger partial charge in [0, 0.05) is 0 Å². The fraction of sp³-hybridized carbons (Fsp3) is 0.0952. The van der Waals surface area contributed by atoms with Crippen molar-refractivity contribution in [2.45, 2.75) is 6.04 Å². The van der Waals surface area contributed by atoms with Crippen LogP contribution in [-0.4, -0.2) is 29.2 Å². The van der Waals surface area contributed by atoms with Gasteiger partial charge in [0.1, 0.15) is 18.3 Å². The molecular formula is C21H16N2O4. The normalized spacial score (nSPS) is 14.1. The molecule has 2 aromatic carbocycles. The Kier molecular flexibility index (Phi) is 4.30. The molecule has 0 radical (unpaired) electrons. The van der Waals surface area contributed by atoms with E-state index in [1.165, 1.54) is 6.26 Å². The monoisotopic (exact) mass is 360 g/mol. The Balaban J connectivity index is 1.53. The Morgan fingerprint density at radius 2 is 1.52 bits per heavy atom. The lowest BCUT2D eigenvalue weighted by Gasteiger charge is -2.19. The van der Waals surface area contributed by atoms with E-state index in [2.05, 4.69) is 5.32 Å². The van der Waals surface area contributed by atoms with E-state index in [1.54, 1.807) is 36.4 Å². The number of benzene rings is 2. The molecule has 3 amide bonds. The number of rotatable bonds is 5. The van der Waals surface area contributed by atoms with Gasteiger partial charge in [0.25, 0.3) is 11.8 Å². The number of furan rings is 1. The topological polar surface area (TPSA) is 79.6 Å². The first kappa shape index (κ1) is 16.8. The lowest BCUT2D eigenvalue weighted by Crippen LogP contribution is -2.41. The first-order valence-electron chi connectivity index (χ1n) is 8.48. The van der Waals surface area contributed by atoms with Crippen LogP contribution in [0.3, 0.4) is 0 Å². The number of carbonyl (C=O) groups is 3. The highest BCUT2D eigenvalue weighted by molar-refractivity contribution is 6.22. The maximum Gasteiger partial charge on any atom is 0.262 e. The average molecular weight is 360 g/mol. The molecule has 0 aliphatic carbocycles. The van der Waals surface area contributed by atoms with Crippen molar-refractivity contribution in [3.63, 3.8) is 0 Å². The second kappa shape index (κ2) is 6.92. The molecule has 134 valence electrons. The van der Waals surface area contributed by atoms with Crippen molar-refractivity contribution in [1.29, 1.82) is 0 Å². The number of fused-ring (bicyclic) bond motifs is 1. The van der Waals surface area contributed by atoms with Crippen molar-refractivity contribution in [1.82, 2.24) is 10.2 Å². The summed E-state index contributed by atoms with van der Waals surface area (Å²) < 4.78 is 5.45. The second-order valence-corrected chi connectivity index (χ2v) is 6.17. The molecule has 0 fully saturated rings. The van der Waals surface area contributed by atoms with Gasteiger partial charge in [-0.05, 0) is 29.8 Å². The van der Waals surface area contributed by atoms with Gasteiger partial charge in [-0.15, -0.1) is 0 Å². The maximum atomic E-state index is 12.6. The summed E-state index contributed by atoms with van der Waals surface area (Å²) in [5.41, 5.74) is 1.48. The minimum atomic E-state index is -0.510. The molecule has 0 saturated carbocycles. The van der Waals surface area contributed by atoms with Crippen molar-refractivity contribution >= 4 is 17.7 Å². The van der Waals surface area contributed by atoms with Gasteiger partial charge < -0.3 is 9.73 Å². The molecule has 6 heteroatoms. The predicted octanol–water partition coefficient (Wildman–Crippen LogP) is 2.78. The van der Waals surface area contributed by atoms with Crippen LogP contribution in [0, 0.1) is 0 Å². The fourth-order valence-electron chi connectivity index (χ4n) is 3.15. The van der Waals surface area contributed by atoms with E-state index in [4.69, 9.17) is 4.42 Å². The quantitative estimate of drug-likeness (QED) is 0.710. The van der Waals surface area contributed by atoms with Gasteiger partial charge in [0.15, 0.2) is 0 Å². The number of carbonyl (C=O) groups excluding carboxylic acids is 3. The van der Waals surface area contributed by atoms with E-state index in [0.29, 0.717) is 16.9 Å². The highest BCUT2D eigenvalue weighted by Crippen LogP contribution is 2.24. The molecule has 0 unspecified atom stereocenters. The Morgan fingerprint density at radius 1 is 0.889 bits per heavy atom. The summed E-state index contributed by atoms with van der Waals surface area (Å²) in [7, 11) is 0. The van der Waals surface area contributed by atoms with Crippen LogP contribution in [0.15, 0.2) is 77.4 Å². The Labute approximate surface area is 155 Å². The predicted molar refractivity (Wildman–Crippen MR) is 96.9 cm³/mol. The lowest BCUT2D eigenvalue weighted by atomic mass is 10.0. The van der Waals surface area contributed by atoms with Crippen LogP contribution in [0.25, 0.3) is 0 Å². The highest BCUT2D eigenvalue weighted by Gasteiger charge is 2.36. The zero-order valence-corrected chi connectivity index (χ0v) is 14.3. The van der Waals surface area contributed by atoms with Gasteiger partial charge in [-0.1, -0.05) is 42.5 Å². The first-order chi connectivity index (χ1) is 13.1. The molecule has 0 bridgehead atoms. The standard InChI is InChI=1S/C21H16N2O4/c24-18(13-23-20(25)15-9-4-5-10-16(15)21(23)26)22-19(17-11-6-12-27-17)14-7-2-1-3-8-14/h1-12,19H,13H2,(H,22,24)/t19-/m0/s1. The summed E-state index contributed by atoms with van der Waals surface area (Å²) in [4.78, 5) is 38.5. The van der Waals surface area contributed by atoms with E-state index >= 15 is 0 Å². The summed E-state index contributed by atoms with van der Waals surface area (Å²) in [6.07, 6.45) is 1.53. The zero-order valence-electron chi connectivity index (χ0n) is 14.3. The van der Waals surface area contributed by atoms with Gasteiger partial charge in [-0.2, -0.15) is 0 Å². The van der Waals surface area contributed by atoms with Gasteiger partial charge in [-0.3, -0.25) is 19.3 Å². The molecule has 1 aromatic heterocycles. The third kappa shape index (κ3) is 3.13. The summed E-state index contributed by atoms with van der Waals surface area (Å²) in [6.45, 7) is -0.351. The van der Waals surface area contributed by atoms with Crippen LogP contribution in [0.5, 0.6) is 0 Å². The van der Waals surface area contributed by atoms with Gasteiger partial charge in [0.2, 0.25) is 5.91 Å². The number of nitrogens with zero attached hydrogens (tertiary/aromatic N) is 1. The van der Waals surface area contributed by atoms with Crippen LogP contribution >= 0.6 is 0 Å². The lowest BCUT2D eigenvalue weighted by molar-refractivity contribution is -0.122. The highest BCUT2D eigenvalue weighted by atomic mass is 16.3. The van der Waals surface area contributed by atoms with Gasteiger partial charge in [0.05, 0.1) is 17.4 Å². The molecule has 0 saturated heterocycles. The summed E-state index contributed by atoms with van der Waals surface area (Å²) in [5, 5.41) is 2.85. The molecule has 0 spiro atoms. The molecule has 6 nitrogen and oxygen atoms in total. The van der Waals surface area contributed by atoms with Crippen LogP contribution in [-0.2, 0) is 4.79 Å². The maximum absolute atomic E-state index is 12.6. The minimum Gasteiger partial charge on any atom is -0.467 e. The van der Waals surface area contributed by atoms with Gasteiger partial charge >= 0.3 is 0 Å². The third-order valence-electron chi connectivity index (χ3n) is 4.45. The van der Waals surface area contributed by atoms with E-state index < -0.39 is 23.8 Å². The number of hydrogen-bond donors (Lipinski definition) is 1. The third-order valence-corrected chi connectivity index (χ3v) is 4.45. The van der Waals surface area contributed by atoms with Crippen LogP contribution in [0.4, 0.5) is 0 Å². The molecule has 1 aliphatic rings. The van der Waals surface area contributed by atoms with E-state index in [0.717, 1.165) is 10.5 Å². The SMILES string of the molecule is O=C(CN1C(=O)c2ccccc2C1=O)N[C@@H](c1ccccc1)c1ccco1. The molecule has 1 N–H and O–H groups in total. The van der Waals surface area contributed by atoms with Crippen LogP contribution in [0.2, 0.25) is 0 Å². The Hall–Kier alpha value is -3.67. The van der Waals surface area contributed by atoms with E-state index in [-0.39, 0.29) is 6.54 Å². The minimum absolute atomic E-state index is 0.320. The largest absolute Gasteiger partial charge is 0.467 e. The fourth-order valence-corrected chi connectivity index (χ4v) is 3.15. The Morgan fingerprint density at radius 3 is 2.11 bits per heavy atom. The zero-order chi connectivity index (χ0) is 18.8. The number of amides is 3. The average Bonchev–Trinajstić information content (AvgIpc) is 3.31. The summed E-state index contributed by atoms with van der Waals surface area (Å²) in [6, 6.07) is 18.9. The van der Waals surface area contributed by atoms with Crippen LogP contribution in [0.1, 0.15) is 38.1 Å². The van der Waals surface area contributed by atoms with Crippen molar-refractivity contribution in [2.75, 3.05) is 6.54 Å². The van der Waals surface area contributed by atoms with E-state index in [1.807, 2.05) is 30.3 Å². The molecule has 2 heterocycles. The van der Waals surface area contributed by atoms with E-state index in [9.17, 15) is 14.4 Å². The first-order valence-corrected chi connectivity index (χ1v) is 8.48. The molecule has 27 heavy (non-hydrogen) atoms. The molecular weight excluding hydrogens is 344 g/mol. The summed E-state index contributed by atoms with van der Waals surface area (Å²) in [5.74, 6) is -0.799. The molecule has 4 rings (SSSR count). The molecule has 3 aromatic rings. The Bertz CT molecular complexity index is 961. The molecule has 1 aliphatic heterocycles. The van der Waals surface area contributed by atoms with Crippen molar-refractivity contribution in [2.24, 2.45) is 0 Å².